The summed E-state index contributed by atoms with van der Waals surface area (Å²) < 4.78 is 15.7. The molecule has 0 saturated heterocycles. The summed E-state index contributed by atoms with van der Waals surface area (Å²) in [7, 11) is 0. The van der Waals surface area contributed by atoms with Gasteiger partial charge in [0.1, 0.15) is 0 Å². The Kier molecular flexibility index (Phi) is 4.53. The molecule has 0 amide bonds. The van der Waals surface area contributed by atoms with Gasteiger partial charge in [-0.15, -0.1) is 0 Å². The van der Waals surface area contributed by atoms with Crippen LogP contribution >= 0.6 is 11.6 Å². The third-order valence-electron chi connectivity index (χ3n) is 3.81. The molecule has 3 rings (SSSR count). The minimum absolute atomic E-state index is 0.0947. The van der Waals surface area contributed by atoms with E-state index in [1.807, 2.05) is 55.8 Å². The minimum Gasteiger partial charge on any atom is -0.361 e. The maximum atomic E-state index is 13.8. The number of aryl methyl sites for hydroxylation is 2. The van der Waals surface area contributed by atoms with Gasteiger partial charge in [0.05, 0.1) is 22.4 Å². The van der Waals surface area contributed by atoms with Crippen molar-refractivity contribution in [3.05, 3.63) is 70.4 Å². The Morgan fingerprint density at radius 3 is 2.46 bits per heavy atom. The second-order valence-corrected chi connectivity index (χ2v) is 6.22. The van der Waals surface area contributed by atoms with Gasteiger partial charge in [-0.25, -0.2) is 14.1 Å². The summed E-state index contributed by atoms with van der Waals surface area (Å²) in [6, 6.07) is 11.2. The Labute approximate surface area is 145 Å². The van der Waals surface area contributed by atoms with Crippen LogP contribution in [-0.4, -0.2) is 14.8 Å². The zero-order valence-corrected chi connectivity index (χ0v) is 14.5. The Bertz CT molecular complexity index is 858. The fraction of sp³-hybridized carbons (Fsp3) is 0.222. The van der Waals surface area contributed by atoms with Crippen LogP contribution in [0.5, 0.6) is 0 Å². The number of benzene rings is 1. The quantitative estimate of drug-likeness (QED) is 0.735. The van der Waals surface area contributed by atoms with Gasteiger partial charge in [0.2, 0.25) is 0 Å². The number of hydrogen-bond acceptors (Lipinski definition) is 3. The molecule has 2 aromatic heterocycles. The Morgan fingerprint density at radius 1 is 1.17 bits per heavy atom. The normalized spacial score (nSPS) is 12.2. The summed E-state index contributed by atoms with van der Waals surface area (Å²) in [5.74, 6) is -0.275. The van der Waals surface area contributed by atoms with Gasteiger partial charge in [-0.3, -0.25) is 0 Å². The first-order valence-electron chi connectivity index (χ1n) is 7.65. The van der Waals surface area contributed by atoms with Gasteiger partial charge >= 0.3 is 0 Å². The number of aromatic nitrogens is 3. The number of nitrogens with zero attached hydrogens (tertiary/aromatic N) is 3. The number of nitrogens with one attached hydrogen (secondary N) is 1. The third kappa shape index (κ3) is 3.41. The van der Waals surface area contributed by atoms with Crippen LogP contribution in [0.2, 0.25) is 5.02 Å². The van der Waals surface area contributed by atoms with Crippen LogP contribution < -0.4 is 5.32 Å². The van der Waals surface area contributed by atoms with Crippen LogP contribution in [0.25, 0.3) is 5.69 Å². The highest BCUT2D eigenvalue weighted by Gasteiger charge is 2.11. The summed E-state index contributed by atoms with van der Waals surface area (Å²) in [4.78, 5) is 3.99. The third-order valence-corrected chi connectivity index (χ3v) is 4.01. The van der Waals surface area contributed by atoms with Crippen molar-refractivity contribution in [3.8, 4) is 5.69 Å². The molecule has 124 valence electrons. The van der Waals surface area contributed by atoms with E-state index < -0.39 is 5.82 Å². The summed E-state index contributed by atoms with van der Waals surface area (Å²) in [5, 5.41) is 7.81. The molecule has 0 aliphatic carbocycles. The number of hydrogen-bond donors (Lipinski definition) is 1. The largest absolute Gasteiger partial charge is 0.361 e. The fourth-order valence-corrected chi connectivity index (χ4v) is 2.75. The van der Waals surface area contributed by atoms with Gasteiger partial charge in [0.25, 0.3) is 0 Å². The highest BCUT2D eigenvalue weighted by molar-refractivity contribution is 6.30. The van der Waals surface area contributed by atoms with E-state index in [9.17, 15) is 4.39 Å². The van der Waals surface area contributed by atoms with Crippen molar-refractivity contribution in [2.45, 2.75) is 26.8 Å². The smallest absolute Gasteiger partial charge is 0.166 e. The molecule has 0 spiro atoms. The fourth-order valence-electron chi connectivity index (χ4n) is 2.60. The summed E-state index contributed by atoms with van der Waals surface area (Å²) in [6.07, 6.45) is 1.42. The molecule has 4 nitrogen and oxygen atoms in total. The predicted molar refractivity (Wildman–Crippen MR) is 94.3 cm³/mol. The molecule has 0 radical (unpaired) electrons. The van der Waals surface area contributed by atoms with Crippen LogP contribution in [0, 0.1) is 19.7 Å². The summed E-state index contributed by atoms with van der Waals surface area (Å²) >= 11 is 5.72. The Balaban J connectivity index is 1.78. The number of halogens is 2. The standard InChI is InChI=1S/C18H18ClFN4/c1-11-8-12(2)24(23-11)16-6-4-14(5-7-16)13(3)22-18-17(20)9-15(19)10-21-18/h4-10,13H,1-3H3,(H,21,22). The van der Waals surface area contributed by atoms with E-state index in [4.69, 9.17) is 11.6 Å². The van der Waals surface area contributed by atoms with Gasteiger partial charge in [-0.05, 0) is 50.6 Å². The molecular formula is C18H18ClFN4. The predicted octanol–water partition coefficient (Wildman–Crippen LogP) is 4.85. The highest BCUT2D eigenvalue weighted by atomic mass is 35.5. The molecule has 24 heavy (non-hydrogen) atoms. The average Bonchev–Trinajstić information content (AvgIpc) is 2.88. The molecule has 0 fully saturated rings. The SMILES string of the molecule is Cc1cc(C)n(-c2ccc(C(C)Nc3ncc(Cl)cc3F)cc2)n1. The van der Waals surface area contributed by atoms with Crippen molar-refractivity contribution in [2.75, 3.05) is 5.32 Å². The van der Waals surface area contributed by atoms with Crippen LogP contribution in [0.4, 0.5) is 10.2 Å². The Morgan fingerprint density at radius 2 is 1.88 bits per heavy atom. The lowest BCUT2D eigenvalue weighted by Gasteiger charge is -2.16. The van der Waals surface area contributed by atoms with Gasteiger partial charge in [0.15, 0.2) is 11.6 Å². The van der Waals surface area contributed by atoms with Crippen molar-refractivity contribution in [1.29, 1.82) is 0 Å². The van der Waals surface area contributed by atoms with E-state index in [-0.39, 0.29) is 16.9 Å². The van der Waals surface area contributed by atoms with Crippen molar-refractivity contribution in [3.63, 3.8) is 0 Å². The van der Waals surface area contributed by atoms with E-state index in [1.165, 1.54) is 12.3 Å². The molecular weight excluding hydrogens is 327 g/mol. The van der Waals surface area contributed by atoms with Gasteiger partial charge in [-0.1, -0.05) is 23.7 Å². The summed E-state index contributed by atoms with van der Waals surface area (Å²) in [5.41, 5.74) is 4.08. The topological polar surface area (TPSA) is 42.7 Å². The first-order chi connectivity index (χ1) is 11.4. The molecule has 0 aliphatic heterocycles. The molecule has 3 aromatic rings. The number of rotatable bonds is 4. The first-order valence-corrected chi connectivity index (χ1v) is 8.03. The van der Waals surface area contributed by atoms with Gasteiger partial charge in [-0.2, -0.15) is 5.10 Å². The summed E-state index contributed by atoms with van der Waals surface area (Å²) in [6.45, 7) is 5.94. The van der Waals surface area contributed by atoms with E-state index in [0.29, 0.717) is 0 Å². The van der Waals surface area contributed by atoms with Crippen LogP contribution in [0.1, 0.15) is 29.9 Å². The molecule has 0 saturated carbocycles. The molecule has 2 heterocycles. The molecule has 0 aliphatic rings. The van der Waals surface area contributed by atoms with Crippen LogP contribution in [0.3, 0.4) is 0 Å². The van der Waals surface area contributed by atoms with Crippen molar-refractivity contribution in [1.82, 2.24) is 14.8 Å². The van der Waals surface area contributed by atoms with Crippen LogP contribution in [0.15, 0.2) is 42.6 Å². The van der Waals surface area contributed by atoms with E-state index in [2.05, 4.69) is 15.4 Å². The van der Waals surface area contributed by atoms with Crippen molar-refractivity contribution >= 4 is 17.4 Å². The Hall–Kier alpha value is -2.40. The first kappa shape index (κ1) is 16.5. The maximum Gasteiger partial charge on any atom is 0.166 e. The zero-order chi connectivity index (χ0) is 17.3. The molecule has 6 heteroatoms. The monoisotopic (exact) mass is 344 g/mol. The average molecular weight is 345 g/mol. The van der Waals surface area contributed by atoms with Gasteiger partial charge < -0.3 is 5.32 Å². The second-order valence-electron chi connectivity index (χ2n) is 5.78. The second kappa shape index (κ2) is 6.61. The zero-order valence-electron chi connectivity index (χ0n) is 13.7. The molecule has 0 bridgehead atoms. The lowest BCUT2D eigenvalue weighted by Crippen LogP contribution is -2.09. The lowest BCUT2D eigenvalue weighted by atomic mass is 10.1. The number of pyridine rings is 1. The lowest BCUT2D eigenvalue weighted by molar-refractivity contribution is 0.621. The molecule has 1 N–H and O–H groups in total. The molecule has 1 atom stereocenters. The highest BCUT2D eigenvalue weighted by Crippen LogP contribution is 2.23. The van der Waals surface area contributed by atoms with E-state index >= 15 is 0 Å². The van der Waals surface area contributed by atoms with Crippen molar-refractivity contribution in [2.24, 2.45) is 0 Å². The van der Waals surface area contributed by atoms with E-state index in [0.717, 1.165) is 22.6 Å². The maximum absolute atomic E-state index is 13.8. The number of anilines is 1. The van der Waals surface area contributed by atoms with E-state index in [1.54, 1.807) is 0 Å². The van der Waals surface area contributed by atoms with Gasteiger partial charge in [0, 0.05) is 11.9 Å². The molecule has 1 unspecified atom stereocenters. The van der Waals surface area contributed by atoms with Crippen LogP contribution in [-0.2, 0) is 0 Å². The minimum atomic E-state index is -0.464. The molecule has 1 aromatic carbocycles. The van der Waals surface area contributed by atoms with Crippen molar-refractivity contribution < 1.29 is 4.39 Å².